The molecule has 1 aromatic carbocycles. The highest BCUT2D eigenvalue weighted by atomic mass is 19.3. The van der Waals surface area contributed by atoms with Gasteiger partial charge in [0.15, 0.2) is 11.3 Å². The molecular formula is C18H12F5N7O. The molecule has 0 spiro atoms. The summed E-state index contributed by atoms with van der Waals surface area (Å²) in [5, 5.41) is 10.0. The van der Waals surface area contributed by atoms with Crippen molar-refractivity contribution in [1.29, 1.82) is 0 Å². The van der Waals surface area contributed by atoms with Gasteiger partial charge in [-0.3, -0.25) is 10.1 Å². The number of carbonyl (C=O) groups excluding carboxylic acids is 1. The molecule has 31 heavy (non-hydrogen) atoms. The third-order valence-corrected chi connectivity index (χ3v) is 4.21. The standard InChI is InChI=1S/C18H12F5N7O/c19-10-4-2-1-3-9(10)7-29-8-24-18(28-29)26-17(31)12-6-14-25-11(15(20)21)5-13(16(22)23)30(14)27-12/h1-6,8,15-16H,7H2,(H,26,28,31). The minimum Gasteiger partial charge on any atom is -0.288 e. The fourth-order valence-corrected chi connectivity index (χ4v) is 2.79. The number of nitrogens with zero attached hydrogens (tertiary/aromatic N) is 6. The van der Waals surface area contributed by atoms with Gasteiger partial charge in [0.2, 0.25) is 5.95 Å². The molecule has 3 aromatic heterocycles. The van der Waals surface area contributed by atoms with Crippen LogP contribution in [0.1, 0.15) is 40.3 Å². The van der Waals surface area contributed by atoms with Crippen LogP contribution in [0, 0.1) is 5.82 Å². The van der Waals surface area contributed by atoms with Gasteiger partial charge in [0, 0.05) is 11.6 Å². The molecule has 0 radical (unpaired) electrons. The van der Waals surface area contributed by atoms with E-state index in [1.807, 2.05) is 0 Å². The second-order valence-corrected chi connectivity index (χ2v) is 6.32. The summed E-state index contributed by atoms with van der Waals surface area (Å²) in [6.07, 6.45) is -4.93. The highest BCUT2D eigenvalue weighted by molar-refractivity contribution is 6.02. The molecule has 0 saturated heterocycles. The number of aromatic nitrogens is 6. The fraction of sp³-hybridized carbons (Fsp3) is 0.167. The summed E-state index contributed by atoms with van der Waals surface area (Å²) in [4.78, 5) is 19.8. The topological polar surface area (TPSA) is 90.0 Å². The maximum absolute atomic E-state index is 13.7. The lowest BCUT2D eigenvalue weighted by atomic mass is 10.2. The monoisotopic (exact) mass is 437 g/mol. The number of amides is 1. The number of nitrogens with one attached hydrogen (secondary N) is 1. The highest BCUT2D eigenvalue weighted by Crippen LogP contribution is 2.25. The summed E-state index contributed by atoms with van der Waals surface area (Å²) in [6, 6.07) is 7.57. The molecule has 0 aliphatic heterocycles. The summed E-state index contributed by atoms with van der Waals surface area (Å²) >= 11 is 0. The Morgan fingerprint density at radius 3 is 2.55 bits per heavy atom. The molecule has 4 rings (SSSR count). The highest BCUT2D eigenvalue weighted by Gasteiger charge is 2.22. The Morgan fingerprint density at radius 1 is 1.06 bits per heavy atom. The molecule has 1 amide bonds. The van der Waals surface area contributed by atoms with E-state index in [-0.39, 0.29) is 23.8 Å². The average molecular weight is 437 g/mol. The normalized spacial score (nSPS) is 11.6. The van der Waals surface area contributed by atoms with E-state index in [1.165, 1.54) is 17.1 Å². The van der Waals surface area contributed by atoms with Crippen molar-refractivity contribution in [2.75, 3.05) is 5.32 Å². The maximum Gasteiger partial charge on any atom is 0.280 e. The van der Waals surface area contributed by atoms with Gasteiger partial charge in [-0.25, -0.2) is 41.1 Å². The Hall–Kier alpha value is -3.90. The zero-order valence-electron chi connectivity index (χ0n) is 15.4. The van der Waals surface area contributed by atoms with E-state index in [1.54, 1.807) is 18.2 Å². The van der Waals surface area contributed by atoms with Crippen LogP contribution in [0.5, 0.6) is 0 Å². The van der Waals surface area contributed by atoms with Crippen LogP contribution < -0.4 is 5.32 Å². The van der Waals surface area contributed by atoms with Gasteiger partial charge in [-0.05, 0) is 12.1 Å². The molecule has 0 bridgehead atoms. The number of hydrogen-bond acceptors (Lipinski definition) is 5. The molecule has 1 N–H and O–H groups in total. The molecule has 0 aliphatic carbocycles. The Balaban J connectivity index is 1.56. The molecule has 0 aliphatic rings. The SMILES string of the molecule is O=C(Nc1ncn(Cc2ccccc2F)n1)c1cc2nc(C(F)F)cc(C(F)F)n2n1. The number of rotatable bonds is 6. The van der Waals surface area contributed by atoms with Crippen molar-refractivity contribution in [2.24, 2.45) is 0 Å². The van der Waals surface area contributed by atoms with E-state index >= 15 is 0 Å². The Labute approximate surface area is 170 Å². The predicted octanol–water partition coefficient (Wildman–Crippen LogP) is 3.64. The molecule has 13 heteroatoms. The van der Waals surface area contributed by atoms with Gasteiger partial charge in [0.1, 0.15) is 23.5 Å². The molecule has 0 fully saturated rings. The Bertz CT molecular complexity index is 1250. The van der Waals surface area contributed by atoms with Crippen LogP contribution in [-0.2, 0) is 6.54 Å². The van der Waals surface area contributed by atoms with Gasteiger partial charge in [0.25, 0.3) is 18.8 Å². The molecule has 8 nitrogen and oxygen atoms in total. The molecule has 160 valence electrons. The zero-order chi connectivity index (χ0) is 22.1. The number of anilines is 1. The second-order valence-electron chi connectivity index (χ2n) is 6.32. The number of fused-ring (bicyclic) bond motifs is 1. The second kappa shape index (κ2) is 8.08. The van der Waals surface area contributed by atoms with E-state index < -0.39 is 36.0 Å². The quantitative estimate of drug-likeness (QED) is 0.466. The molecule has 0 unspecified atom stereocenters. The number of halogens is 5. The third-order valence-electron chi connectivity index (χ3n) is 4.21. The first-order valence-corrected chi connectivity index (χ1v) is 8.73. The minimum atomic E-state index is -3.12. The van der Waals surface area contributed by atoms with E-state index in [0.29, 0.717) is 16.1 Å². The molecule has 0 atom stereocenters. The van der Waals surface area contributed by atoms with Crippen molar-refractivity contribution in [3.8, 4) is 0 Å². The lowest BCUT2D eigenvalue weighted by molar-refractivity contribution is 0.101. The Morgan fingerprint density at radius 2 is 1.84 bits per heavy atom. The van der Waals surface area contributed by atoms with Crippen molar-refractivity contribution in [3.63, 3.8) is 0 Å². The largest absolute Gasteiger partial charge is 0.288 e. The van der Waals surface area contributed by atoms with Gasteiger partial charge in [-0.1, -0.05) is 18.2 Å². The smallest absolute Gasteiger partial charge is 0.280 e. The van der Waals surface area contributed by atoms with Crippen molar-refractivity contribution < 1.29 is 26.7 Å². The van der Waals surface area contributed by atoms with Gasteiger partial charge in [-0.15, -0.1) is 5.10 Å². The molecule has 0 saturated carbocycles. The number of hydrogen-bond donors (Lipinski definition) is 1. The molecule has 3 heterocycles. The first-order chi connectivity index (χ1) is 14.8. The summed E-state index contributed by atoms with van der Waals surface area (Å²) in [7, 11) is 0. The maximum atomic E-state index is 13.7. The van der Waals surface area contributed by atoms with Crippen LogP contribution in [0.25, 0.3) is 5.65 Å². The van der Waals surface area contributed by atoms with Crippen LogP contribution in [0.15, 0.2) is 42.7 Å². The van der Waals surface area contributed by atoms with Gasteiger partial charge < -0.3 is 0 Å². The first kappa shape index (κ1) is 20.4. The van der Waals surface area contributed by atoms with Crippen LogP contribution in [0.4, 0.5) is 27.9 Å². The van der Waals surface area contributed by atoms with Crippen LogP contribution >= 0.6 is 0 Å². The zero-order valence-corrected chi connectivity index (χ0v) is 15.4. The summed E-state index contributed by atoms with van der Waals surface area (Å²) in [5.41, 5.74) is -2.02. The average Bonchev–Trinajstić information content (AvgIpc) is 3.35. The van der Waals surface area contributed by atoms with Crippen molar-refractivity contribution in [2.45, 2.75) is 19.4 Å². The van der Waals surface area contributed by atoms with Gasteiger partial charge in [0.05, 0.1) is 6.54 Å². The summed E-state index contributed by atoms with van der Waals surface area (Å²) in [6.45, 7) is 0.0575. The van der Waals surface area contributed by atoms with Crippen LogP contribution in [0.3, 0.4) is 0 Å². The van der Waals surface area contributed by atoms with Gasteiger partial charge >= 0.3 is 0 Å². The van der Waals surface area contributed by atoms with Crippen molar-refractivity contribution in [3.05, 3.63) is 71.2 Å². The predicted molar refractivity (Wildman–Crippen MR) is 96.4 cm³/mol. The van der Waals surface area contributed by atoms with E-state index in [9.17, 15) is 26.7 Å². The van der Waals surface area contributed by atoms with E-state index in [4.69, 9.17) is 0 Å². The van der Waals surface area contributed by atoms with Crippen LogP contribution in [-0.4, -0.2) is 35.3 Å². The minimum absolute atomic E-state index is 0.0575. The third kappa shape index (κ3) is 4.20. The summed E-state index contributed by atoms with van der Waals surface area (Å²) < 4.78 is 67.9. The van der Waals surface area contributed by atoms with E-state index in [2.05, 4.69) is 25.5 Å². The number of alkyl halides is 4. The molecular weight excluding hydrogens is 425 g/mol. The number of carbonyl (C=O) groups is 1. The first-order valence-electron chi connectivity index (χ1n) is 8.73. The van der Waals surface area contributed by atoms with E-state index in [0.717, 1.165) is 6.07 Å². The summed E-state index contributed by atoms with van der Waals surface area (Å²) in [5.74, 6) is -1.44. The van der Waals surface area contributed by atoms with Crippen molar-refractivity contribution in [1.82, 2.24) is 29.4 Å². The lowest BCUT2D eigenvalue weighted by Gasteiger charge is -2.06. The van der Waals surface area contributed by atoms with Gasteiger partial charge in [-0.2, -0.15) is 5.10 Å². The Kier molecular flexibility index (Phi) is 5.31. The lowest BCUT2D eigenvalue weighted by Crippen LogP contribution is -2.14. The van der Waals surface area contributed by atoms with Crippen molar-refractivity contribution >= 4 is 17.5 Å². The van der Waals surface area contributed by atoms with Crippen LogP contribution in [0.2, 0.25) is 0 Å². The fourth-order valence-electron chi connectivity index (χ4n) is 2.79. The number of benzene rings is 1. The molecule has 4 aromatic rings.